The molecular formula is C27H27N3O3. The predicted molar refractivity (Wildman–Crippen MR) is 131 cm³/mol. The topological polar surface area (TPSA) is 101 Å². The van der Waals surface area contributed by atoms with Crippen molar-refractivity contribution in [3.8, 4) is 5.88 Å². The lowest BCUT2D eigenvalue weighted by molar-refractivity contribution is 0.0526. The summed E-state index contributed by atoms with van der Waals surface area (Å²) in [5, 5.41) is 11.6. The fourth-order valence-electron chi connectivity index (χ4n) is 3.72. The number of carbonyl (C=O) groups is 1. The van der Waals surface area contributed by atoms with E-state index in [9.17, 15) is 9.90 Å². The number of aromatic hydroxyl groups is 1. The van der Waals surface area contributed by atoms with Crippen molar-refractivity contribution in [2.45, 2.75) is 26.3 Å². The van der Waals surface area contributed by atoms with Crippen molar-refractivity contribution in [2.75, 3.05) is 6.61 Å². The van der Waals surface area contributed by atoms with Crippen LogP contribution in [0.3, 0.4) is 0 Å². The number of fused-ring (bicyclic) bond motifs is 1. The quantitative estimate of drug-likeness (QED) is 0.275. The number of nitrogens with one attached hydrogen (secondary N) is 1. The standard InChI is InChI=1S/C27H27N3O3/c1-4-33-26(32)18-10-15-21-22(16-18)30-25(31)23(21)24(17-8-6-5-7-9-17)29-20-13-11-19(12-14-20)27(2,3)28/h5-16,30-31H,4,28H2,1-3H3. The molecule has 6 nitrogen and oxygen atoms in total. The van der Waals surface area contributed by atoms with Gasteiger partial charge in [0.2, 0.25) is 0 Å². The number of benzene rings is 3. The first-order valence-electron chi connectivity index (χ1n) is 10.8. The number of nitrogens with zero attached hydrogens (tertiary/aromatic N) is 1. The minimum atomic E-state index is -0.448. The third-order valence-electron chi connectivity index (χ3n) is 5.43. The molecule has 33 heavy (non-hydrogen) atoms. The Balaban J connectivity index is 1.86. The summed E-state index contributed by atoms with van der Waals surface area (Å²) in [6.45, 7) is 5.96. The zero-order valence-electron chi connectivity index (χ0n) is 18.9. The van der Waals surface area contributed by atoms with Gasteiger partial charge in [-0.3, -0.25) is 0 Å². The van der Waals surface area contributed by atoms with Crippen molar-refractivity contribution in [3.63, 3.8) is 0 Å². The lowest BCUT2D eigenvalue weighted by atomic mass is 9.95. The first-order valence-corrected chi connectivity index (χ1v) is 10.8. The van der Waals surface area contributed by atoms with Crippen molar-refractivity contribution in [1.82, 2.24) is 4.98 Å². The molecule has 0 saturated carbocycles. The molecule has 4 aromatic rings. The third-order valence-corrected chi connectivity index (χ3v) is 5.43. The SMILES string of the molecule is CCOC(=O)c1ccc2c(C(=Nc3ccc(C(C)(C)N)cc3)c3ccccc3)c(O)[nH]c2c1. The Kier molecular flexibility index (Phi) is 6.03. The first kappa shape index (κ1) is 22.3. The van der Waals surface area contributed by atoms with E-state index in [1.54, 1.807) is 25.1 Å². The van der Waals surface area contributed by atoms with Gasteiger partial charge in [-0.05, 0) is 50.6 Å². The van der Waals surface area contributed by atoms with Crippen molar-refractivity contribution < 1.29 is 14.6 Å². The molecule has 1 aromatic heterocycles. The molecule has 0 spiro atoms. The van der Waals surface area contributed by atoms with E-state index in [0.29, 0.717) is 29.0 Å². The number of rotatable bonds is 6. The highest BCUT2D eigenvalue weighted by molar-refractivity contribution is 6.22. The molecular weight excluding hydrogens is 414 g/mol. The third kappa shape index (κ3) is 4.66. The van der Waals surface area contributed by atoms with Gasteiger partial charge in [0.1, 0.15) is 0 Å². The molecule has 4 rings (SSSR count). The number of esters is 1. The number of aromatic nitrogens is 1. The maximum atomic E-state index is 12.1. The van der Waals surface area contributed by atoms with Gasteiger partial charge in [-0.25, -0.2) is 9.79 Å². The molecule has 0 atom stereocenters. The molecule has 4 N–H and O–H groups in total. The van der Waals surface area contributed by atoms with Gasteiger partial charge in [0.15, 0.2) is 5.88 Å². The number of aromatic amines is 1. The second-order valence-corrected chi connectivity index (χ2v) is 8.42. The van der Waals surface area contributed by atoms with Gasteiger partial charge in [0, 0.05) is 22.0 Å². The van der Waals surface area contributed by atoms with Crippen LogP contribution < -0.4 is 5.73 Å². The summed E-state index contributed by atoms with van der Waals surface area (Å²) in [5.41, 5.74) is 10.6. The fraction of sp³-hybridized carbons (Fsp3) is 0.185. The minimum Gasteiger partial charge on any atom is -0.494 e. The number of carbonyl (C=O) groups excluding carboxylic acids is 1. The normalized spacial score (nSPS) is 12.2. The van der Waals surface area contributed by atoms with Crippen molar-refractivity contribution >= 4 is 28.3 Å². The molecule has 6 heteroatoms. The van der Waals surface area contributed by atoms with Crippen LogP contribution in [0, 0.1) is 0 Å². The highest BCUT2D eigenvalue weighted by Gasteiger charge is 2.20. The second-order valence-electron chi connectivity index (χ2n) is 8.42. The van der Waals surface area contributed by atoms with Crippen LogP contribution in [0.5, 0.6) is 5.88 Å². The van der Waals surface area contributed by atoms with Gasteiger partial charge in [-0.15, -0.1) is 0 Å². The Labute approximate surface area is 192 Å². The van der Waals surface area contributed by atoms with Crippen LogP contribution in [0.15, 0.2) is 77.8 Å². The average Bonchev–Trinajstić information content (AvgIpc) is 3.12. The molecule has 3 aromatic carbocycles. The molecule has 0 unspecified atom stereocenters. The van der Waals surface area contributed by atoms with Gasteiger partial charge in [0.05, 0.1) is 29.1 Å². The molecule has 1 heterocycles. The summed E-state index contributed by atoms with van der Waals surface area (Å²) < 4.78 is 5.10. The summed E-state index contributed by atoms with van der Waals surface area (Å²) in [6, 6.07) is 22.6. The van der Waals surface area contributed by atoms with Crippen LogP contribution in [-0.4, -0.2) is 28.4 Å². The number of hydrogen-bond acceptors (Lipinski definition) is 5. The molecule has 0 bridgehead atoms. The summed E-state index contributed by atoms with van der Waals surface area (Å²) >= 11 is 0. The lowest BCUT2D eigenvalue weighted by Gasteiger charge is -2.19. The molecule has 0 radical (unpaired) electrons. The Hall–Kier alpha value is -3.90. The number of ether oxygens (including phenoxy) is 1. The number of H-pyrrole nitrogens is 1. The van der Waals surface area contributed by atoms with E-state index in [1.807, 2.05) is 68.4 Å². The Morgan fingerprint density at radius 1 is 1.03 bits per heavy atom. The number of aliphatic imine (C=N–C) groups is 1. The molecule has 0 fully saturated rings. The molecule has 0 aliphatic carbocycles. The molecule has 0 amide bonds. The lowest BCUT2D eigenvalue weighted by Crippen LogP contribution is -2.28. The molecule has 0 aliphatic heterocycles. The van der Waals surface area contributed by atoms with E-state index in [1.165, 1.54) is 0 Å². The summed E-state index contributed by atoms with van der Waals surface area (Å²) in [7, 11) is 0. The van der Waals surface area contributed by atoms with E-state index in [2.05, 4.69) is 4.98 Å². The maximum Gasteiger partial charge on any atom is 0.338 e. The Morgan fingerprint density at radius 2 is 1.73 bits per heavy atom. The fourth-order valence-corrected chi connectivity index (χ4v) is 3.72. The van der Waals surface area contributed by atoms with Crippen molar-refractivity contribution in [3.05, 3.63) is 95.1 Å². The zero-order valence-corrected chi connectivity index (χ0v) is 18.9. The van der Waals surface area contributed by atoms with Gasteiger partial charge in [-0.1, -0.05) is 48.5 Å². The van der Waals surface area contributed by atoms with E-state index in [4.69, 9.17) is 15.5 Å². The van der Waals surface area contributed by atoms with E-state index in [0.717, 1.165) is 22.2 Å². The smallest absolute Gasteiger partial charge is 0.338 e. The van der Waals surface area contributed by atoms with Crippen molar-refractivity contribution in [1.29, 1.82) is 0 Å². The van der Waals surface area contributed by atoms with E-state index < -0.39 is 11.5 Å². The van der Waals surface area contributed by atoms with Crippen LogP contribution in [0.2, 0.25) is 0 Å². The van der Waals surface area contributed by atoms with Crippen LogP contribution in [0.25, 0.3) is 10.9 Å². The van der Waals surface area contributed by atoms with E-state index >= 15 is 0 Å². The Morgan fingerprint density at radius 3 is 2.36 bits per heavy atom. The maximum absolute atomic E-state index is 12.1. The van der Waals surface area contributed by atoms with Crippen LogP contribution in [0.4, 0.5) is 5.69 Å². The Bertz CT molecular complexity index is 1310. The van der Waals surface area contributed by atoms with E-state index in [-0.39, 0.29) is 5.88 Å². The molecule has 168 valence electrons. The summed E-state index contributed by atoms with van der Waals surface area (Å²) in [6.07, 6.45) is 0. The molecule has 0 saturated heterocycles. The largest absolute Gasteiger partial charge is 0.494 e. The minimum absolute atomic E-state index is 0.0201. The van der Waals surface area contributed by atoms with Crippen LogP contribution >= 0.6 is 0 Å². The number of hydrogen-bond donors (Lipinski definition) is 3. The zero-order chi connectivity index (χ0) is 23.6. The average molecular weight is 442 g/mol. The highest BCUT2D eigenvalue weighted by atomic mass is 16.5. The van der Waals surface area contributed by atoms with Gasteiger partial charge in [0.25, 0.3) is 0 Å². The van der Waals surface area contributed by atoms with Crippen LogP contribution in [0.1, 0.15) is 47.8 Å². The monoisotopic (exact) mass is 441 g/mol. The van der Waals surface area contributed by atoms with Gasteiger partial charge in [-0.2, -0.15) is 0 Å². The highest BCUT2D eigenvalue weighted by Crippen LogP contribution is 2.32. The van der Waals surface area contributed by atoms with Crippen LogP contribution in [-0.2, 0) is 10.3 Å². The number of nitrogens with two attached hydrogens (primary N) is 1. The van der Waals surface area contributed by atoms with Gasteiger partial charge < -0.3 is 20.6 Å². The van der Waals surface area contributed by atoms with Gasteiger partial charge >= 0.3 is 5.97 Å². The summed E-state index contributed by atoms with van der Waals surface area (Å²) in [5.74, 6) is -0.428. The molecule has 0 aliphatic rings. The summed E-state index contributed by atoms with van der Waals surface area (Å²) in [4.78, 5) is 20.0. The predicted octanol–water partition coefficient (Wildman–Crippen LogP) is 5.41. The first-order chi connectivity index (χ1) is 15.8. The second kappa shape index (κ2) is 8.92. The van der Waals surface area contributed by atoms with Crippen molar-refractivity contribution in [2.24, 2.45) is 10.7 Å².